The van der Waals surface area contributed by atoms with E-state index in [4.69, 9.17) is 4.74 Å². The highest BCUT2D eigenvalue weighted by Crippen LogP contribution is 2.36. The van der Waals surface area contributed by atoms with Crippen LogP contribution >= 0.6 is 0 Å². The molecule has 1 N–H and O–H groups in total. The van der Waals surface area contributed by atoms with Crippen molar-refractivity contribution < 1.29 is 27.8 Å². The number of nitrogens with zero attached hydrogens (tertiary/aromatic N) is 3. The molecule has 1 aromatic heterocycles. The fourth-order valence-corrected chi connectivity index (χ4v) is 2.65. The quantitative estimate of drug-likeness (QED) is 0.843. The van der Waals surface area contributed by atoms with Crippen molar-refractivity contribution in [3.05, 3.63) is 45.4 Å². The lowest BCUT2D eigenvalue weighted by Crippen LogP contribution is -2.26. The van der Waals surface area contributed by atoms with Gasteiger partial charge in [-0.05, 0) is 43.5 Å². The second-order valence-electron chi connectivity index (χ2n) is 5.93. The molecule has 7 nitrogen and oxygen atoms in total. The summed E-state index contributed by atoms with van der Waals surface area (Å²) in [6, 6.07) is 2.35. The number of alkyl halides is 3. The first kappa shape index (κ1) is 18.0. The fourth-order valence-electron chi connectivity index (χ4n) is 2.65. The van der Waals surface area contributed by atoms with Crippen molar-refractivity contribution in [3.63, 3.8) is 0 Å². The summed E-state index contributed by atoms with van der Waals surface area (Å²) >= 11 is 0. The minimum atomic E-state index is -4.62. The van der Waals surface area contributed by atoms with Gasteiger partial charge in [0.1, 0.15) is 0 Å². The third-order valence-electron chi connectivity index (χ3n) is 4.01. The maximum absolute atomic E-state index is 12.9. The Labute approximate surface area is 145 Å². The number of carbonyl (C=O) groups is 1. The summed E-state index contributed by atoms with van der Waals surface area (Å²) in [4.78, 5) is 23.9. The molecule has 1 fully saturated rings. The van der Waals surface area contributed by atoms with Gasteiger partial charge in [0.2, 0.25) is 0 Å². The minimum absolute atomic E-state index is 0.0433. The summed E-state index contributed by atoms with van der Waals surface area (Å²) in [5.41, 5.74) is -2.00. The largest absolute Gasteiger partial charge is 0.478 e. The van der Waals surface area contributed by atoms with E-state index in [0.717, 1.165) is 29.7 Å². The van der Waals surface area contributed by atoms with Gasteiger partial charge in [-0.25, -0.2) is 18.8 Å². The van der Waals surface area contributed by atoms with Crippen molar-refractivity contribution >= 4 is 5.97 Å². The average Bonchev–Trinajstić information content (AvgIpc) is 3.33. The molecule has 1 aliphatic rings. The van der Waals surface area contributed by atoms with Crippen LogP contribution in [0.1, 0.15) is 47.3 Å². The molecule has 0 aliphatic heterocycles. The Morgan fingerprint density at radius 3 is 2.62 bits per heavy atom. The van der Waals surface area contributed by atoms with Gasteiger partial charge in [-0.15, -0.1) is 5.10 Å². The summed E-state index contributed by atoms with van der Waals surface area (Å²) in [6.07, 6.45) is -3.05. The summed E-state index contributed by atoms with van der Waals surface area (Å²) in [5.74, 6) is -1.38. The number of aromatic nitrogens is 3. The molecular weight excluding hydrogens is 355 g/mol. The molecule has 0 atom stereocenters. The second-order valence-corrected chi connectivity index (χ2v) is 5.93. The zero-order valence-corrected chi connectivity index (χ0v) is 13.8. The van der Waals surface area contributed by atoms with Gasteiger partial charge >= 0.3 is 23.8 Å². The molecule has 1 aromatic carbocycles. The number of aromatic carboxylic acids is 1. The van der Waals surface area contributed by atoms with Crippen molar-refractivity contribution in [3.8, 4) is 6.01 Å². The molecule has 26 heavy (non-hydrogen) atoms. The van der Waals surface area contributed by atoms with Crippen LogP contribution in [0.5, 0.6) is 6.01 Å². The van der Waals surface area contributed by atoms with Gasteiger partial charge in [-0.3, -0.25) is 0 Å². The first-order chi connectivity index (χ1) is 12.2. The van der Waals surface area contributed by atoms with E-state index in [9.17, 15) is 27.9 Å². The highest BCUT2D eigenvalue weighted by atomic mass is 19.4. The lowest BCUT2D eigenvalue weighted by Gasteiger charge is -2.11. The van der Waals surface area contributed by atoms with Gasteiger partial charge in [-0.2, -0.15) is 13.2 Å². The molecular formula is C16H16F3N3O4. The predicted octanol–water partition coefficient (Wildman–Crippen LogP) is 2.54. The minimum Gasteiger partial charge on any atom is -0.478 e. The molecule has 0 unspecified atom stereocenters. The molecule has 2 aromatic rings. The molecule has 0 saturated heterocycles. The van der Waals surface area contributed by atoms with Crippen molar-refractivity contribution in [1.29, 1.82) is 0 Å². The van der Waals surface area contributed by atoms with E-state index in [1.54, 1.807) is 6.92 Å². The highest BCUT2D eigenvalue weighted by Gasteiger charge is 2.33. The van der Waals surface area contributed by atoms with Crippen LogP contribution in [0, 0.1) is 0 Å². The Kier molecular flexibility index (Phi) is 4.51. The number of ether oxygens (including phenoxy) is 1. The molecule has 0 radical (unpaired) electrons. The molecule has 1 saturated carbocycles. The standard InChI is InChI=1S/C16H16F3N3O4/c1-2-26-14-20-21(15(25)22(14)11-4-5-11)8-9-7-10(16(17,18)19)3-6-12(9)13(23)24/h3,6-7,11H,2,4-5,8H2,1H3,(H,23,24). The first-order valence-corrected chi connectivity index (χ1v) is 7.98. The number of carboxylic acids is 1. The van der Waals surface area contributed by atoms with Crippen LogP contribution in [0.4, 0.5) is 13.2 Å². The topological polar surface area (TPSA) is 86.4 Å². The zero-order valence-electron chi connectivity index (χ0n) is 13.8. The molecule has 0 bridgehead atoms. The predicted molar refractivity (Wildman–Crippen MR) is 83.4 cm³/mol. The maximum atomic E-state index is 12.9. The number of halogens is 3. The van der Waals surface area contributed by atoms with Gasteiger partial charge in [0.25, 0.3) is 0 Å². The lowest BCUT2D eigenvalue weighted by molar-refractivity contribution is -0.137. The molecule has 10 heteroatoms. The summed E-state index contributed by atoms with van der Waals surface area (Å²) in [6.45, 7) is 1.59. The van der Waals surface area contributed by atoms with E-state index >= 15 is 0 Å². The van der Waals surface area contributed by atoms with Crippen LogP contribution in [0.25, 0.3) is 0 Å². The third-order valence-corrected chi connectivity index (χ3v) is 4.01. The molecule has 3 rings (SSSR count). The van der Waals surface area contributed by atoms with Crippen LogP contribution in [-0.2, 0) is 12.7 Å². The Hall–Kier alpha value is -2.78. The number of benzene rings is 1. The van der Waals surface area contributed by atoms with Gasteiger partial charge in [0, 0.05) is 6.04 Å². The Bertz CT molecular complexity index is 897. The van der Waals surface area contributed by atoms with E-state index in [-0.39, 0.29) is 29.8 Å². The third kappa shape index (κ3) is 3.44. The van der Waals surface area contributed by atoms with Gasteiger partial charge in [-0.1, -0.05) is 0 Å². The number of rotatable bonds is 6. The van der Waals surface area contributed by atoms with Crippen LogP contribution < -0.4 is 10.4 Å². The monoisotopic (exact) mass is 371 g/mol. The Morgan fingerprint density at radius 2 is 2.08 bits per heavy atom. The highest BCUT2D eigenvalue weighted by molar-refractivity contribution is 5.89. The van der Waals surface area contributed by atoms with Crippen LogP contribution in [-0.4, -0.2) is 32.0 Å². The number of hydrogen-bond donors (Lipinski definition) is 1. The summed E-state index contributed by atoms with van der Waals surface area (Å²) in [7, 11) is 0. The Balaban J connectivity index is 2.04. The van der Waals surface area contributed by atoms with Crippen molar-refractivity contribution in [1.82, 2.24) is 14.3 Å². The number of hydrogen-bond acceptors (Lipinski definition) is 4. The lowest BCUT2D eigenvalue weighted by atomic mass is 10.0. The first-order valence-electron chi connectivity index (χ1n) is 7.98. The molecule has 1 heterocycles. The zero-order chi connectivity index (χ0) is 19.1. The fraction of sp³-hybridized carbons (Fsp3) is 0.438. The van der Waals surface area contributed by atoms with Gasteiger partial charge in [0.15, 0.2) is 0 Å². The Morgan fingerprint density at radius 1 is 1.38 bits per heavy atom. The van der Waals surface area contributed by atoms with E-state index in [1.807, 2.05) is 0 Å². The van der Waals surface area contributed by atoms with E-state index in [0.29, 0.717) is 6.07 Å². The normalized spacial score (nSPS) is 14.5. The maximum Gasteiger partial charge on any atom is 0.416 e. The van der Waals surface area contributed by atoms with E-state index in [2.05, 4.69) is 5.10 Å². The second kappa shape index (κ2) is 6.50. The van der Waals surface area contributed by atoms with Crippen LogP contribution in [0.3, 0.4) is 0 Å². The average molecular weight is 371 g/mol. The number of carboxylic acid groups (broad SMARTS) is 1. The van der Waals surface area contributed by atoms with Crippen molar-refractivity contribution in [2.24, 2.45) is 0 Å². The summed E-state index contributed by atoms with van der Waals surface area (Å²) in [5, 5.41) is 13.2. The molecule has 1 aliphatic carbocycles. The molecule has 0 spiro atoms. The molecule has 140 valence electrons. The van der Waals surface area contributed by atoms with Crippen molar-refractivity contribution in [2.75, 3.05) is 6.61 Å². The molecule has 0 amide bonds. The SMILES string of the molecule is CCOc1nn(Cc2cc(C(F)(F)F)ccc2C(=O)O)c(=O)n1C1CC1. The van der Waals surface area contributed by atoms with Crippen LogP contribution in [0.2, 0.25) is 0 Å². The van der Waals surface area contributed by atoms with Gasteiger partial charge < -0.3 is 9.84 Å². The summed E-state index contributed by atoms with van der Waals surface area (Å²) < 4.78 is 46.5. The van der Waals surface area contributed by atoms with Crippen LogP contribution in [0.15, 0.2) is 23.0 Å². The smallest absolute Gasteiger partial charge is 0.416 e. The van der Waals surface area contributed by atoms with Gasteiger partial charge in [0.05, 0.1) is 24.3 Å². The van der Waals surface area contributed by atoms with E-state index < -0.39 is 29.9 Å². The van der Waals surface area contributed by atoms with E-state index in [1.165, 1.54) is 4.57 Å². The van der Waals surface area contributed by atoms with Crippen molar-refractivity contribution in [2.45, 2.75) is 38.5 Å².